The number of anilines is 1. The number of benzene rings is 1. The van der Waals surface area contributed by atoms with Gasteiger partial charge in [0, 0.05) is 25.6 Å². The van der Waals surface area contributed by atoms with Gasteiger partial charge in [-0.3, -0.25) is 28.9 Å². The van der Waals surface area contributed by atoms with E-state index < -0.39 is 36.8 Å². The van der Waals surface area contributed by atoms with E-state index in [1.165, 1.54) is 7.05 Å². The van der Waals surface area contributed by atoms with Crippen molar-refractivity contribution in [2.75, 3.05) is 32.1 Å². The van der Waals surface area contributed by atoms with Gasteiger partial charge in [0.15, 0.2) is 6.61 Å². The number of carbonyl (C=O) groups excluding carboxylic acids is 5. The quantitative estimate of drug-likeness (QED) is 0.533. The van der Waals surface area contributed by atoms with Crippen molar-refractivity contribution in [1.29, 1.82) is 0 Å². The van der Waals surface area contributed by atoms with Crippen LogP contribution in [0.5, 0.6) is 0 Å². The van der Waals surface area contributed by atoms with Crippen LogP contribution in [0.25, 0.3) is 0 Å². The predicted molar refractivity (Wildman–Crippen MR) is 99.1 cm³/mol. The number of nitrogens with zero attached hydrogens (tertiary/aromatic N) is 2. The van der Waals surface area contributed by atoms with Crippen LogP contribution in [-0.2, 0) is 28.7 Å². The summed E-state index contributed by atoms with van der Waals surface area (Å²) >= 11 is 0. The molecule has 0 spiro atoms. The standard InChI is InChI=1S/C19H23N3O6/c1-12-5-4-6-13(2)19(12)20-14(23)9-21(3)17(26)11-28-18(27)10-22-15(24)7-8-16(22)25/h4-6H,7-11H2,1-3H3,(H,20,23). The Bertz CT molecular complexity index is 784. The van der Waals surface area contributed by atoms with E-state index in [4.69, 9.17) is 4.74 Å². The maximum Gasteiger partial charge on any atom is 0.326 e. The minimum Gasteiger partial charge on any atom is -0.454 e. The molecule has 4 amide bonds. The summed E-state index contributed by atoms with van der Waals surface area (Å²) in [4.78, 5) is 60.8. The molecule has 0 atom stereocenters. The third kappa shape index (κ3) is 5.38. The van der Waals surface area contributed by atoms with E-state index in [1.807, 2.05) is 32.0 Å². The van der Waals surface area contributed by atoms with Gasteiger partial charge in [-0.15, -0.1) is 0 Å². The number of likely N-dealkylation sites (N-methyl/N-ethyl adjacent to an activating group) is 1. The minimum atomic E-state index is -0.856. The Morgan fingerprint density at radius 3 is 2.25 bits per heavy atom. The monoisotopic (exact) mass is 389 g/mol. The number of imide groups is 1. The van der Waals surface area contributed by atoms with Crippen molar-refractivity contribution in [3.8, 4) is 0 Å². The largest absolute Gasteiger partial charge is 0.454 e. The molecule has 9 nitrogen and oxygen atoms in total. The van der Waals surface area contributed by atoms with Crippen LogP contribution in [0.15, 0.2) is 18.2 Å². The van der Waals surface area contributed by atoms with E-state index in [0.29, 0.717) is 5.69 Å². The number of amides is 4. The minimum absolute atomic E-state index is 0.0727. The molecule has 150 valence electrons. The van der Waals surface area contributed by atoms with Crippen LogP contribution >= 0.6 is 0 Å². The summed E-state index contributed by atoms with van der Waals surface area (Å²) in [5, 5.41) is 2.76. The predicted octanol–water partition coefficient (Wildman–Crippen LogP) is 0.393. The molecule has 1 fully saturated rings. The fraction of sp³-hybridized carbons (Fsp3) is 0.421. The molecule has 1 aliphatic rings. The molecule has 1 heterocycles. The lowest BCUT2D eigenvalue weighted by Gasteiger charge is -2.18. The van der Waals surface area contributed by atoms with Crippen molar-refractivity contribution < 1.29 is 28.7 Å². The van der Waals surface area contributed by atoms with Crippen LogP contribution in [0, 0.1) is 13.8 Å². The summed E-state index contributed by atoms with van der Waals surface area (Å²) in [7, 11) is 1.41. The van der Waals surface area contributed by atoms with Gasteiger partial charge >= 0.3 is 5.97 Å². The first-order valence-corrected chi connectivity index (χ1v) is 8.78. The summed E-state index contributed by atoms with van der Waals surface area (Å²) < 4.78 is 4.81. The van der Waals surface area contributed by atoms with Crippen LogP contribution in [0.2, 0.25) is 0 Å². The van der Waals surface area contributed by atoms with Gasteiger partial charge in [0.2, 0.25) is 17.7 Å². The zero-order chi connectivity index (χ0) is 20.8. The molecule has 1 aliphatic heterocycles. The highest BCUT2D eigenvalue weighted by Crippen LogP contribution is 2.19. The molecule has 0 aromatic heterocycles. The van der Waals surface area contributed by atoms with Crippen molar-refractivity contribution >= 4 is 35.3 Å². The third-order valence-corrected chi connectivity index (χ3v) is 4.35. The van der Waals surface area contributed by atoms with E-state index in [0.717, 1.165) is 20.9 Å². The van der Waals surface area contributed by atoms with Crippen LogP contribution in [0.3, 0.4) is 0 Å². The Labute approximate surface area is 162 Å². The highest BCUT2D eigenvalue weighted by Gasteiger charge is 2.31. The number of ether oxygens (including phenoxy) is 1. The number of esters is 1. The molecule has 0 bridgehead atoms. The summed E-state index contributed by atoms with van der Waals surface area (Å²) in [6.45, 7) is 2.43. The number of para-hydroxylation sites is 1. The second-order valence-electron chi connectivity index (χ2n) is 6.60. The maximum atomic E-state index is 12.2. The van der Waals surface area contributed by atoms with Crippen LogP contribution in [0.4, 0.5) is 5.69 Å². The lowest BCUT2D eigenvalue weighted by atomic mass is 10.1. The van der Waals surface area contributed by atoms with E-state index in [1.54, 1.807) is 0 Å². The topological polar surface area (TPSA) is 113 Å². The van der Waals surface area contributed by atoms with Gasteiger partial charge in [0.1, 0.15) is 6.54 Å². The Balaban J connectivity index is 1.79. The van der Waals surface area contributed by atoms with Crippen molar-refractivity contribution in [3.63, 3.8) is 0 Å². The first-order valence-electron chi connectivity index (χ1n) is 8.78. The summed E-state index contributed by atoms with van der Waals surface area (Å²) in [6, 6.07) is 5.62. The molecule has 0 aliphatic carbocycles. The number of nitrogens with one attached hydrogen (secondary N) is 1. The highest BCUT2D eigenvalue weighted by molar-refractivity contribution is 6.04. The second kappa shape index (κ2) is 9.12. The average molecular weight is 389 g/mol. The molecular formula is C19H23N3O6. The Morgan fingerprint density at radius 2 is 1.68 bits per heavy atom. The zero-order valence-electron chi connectivity index (χ0n) is 16.1. The smallest absolute Gasteiger partial charge is 0.326 e. The zero-order valence-corrected chi connectivity index (χ0v) is 16.1. The molecule has 1 saturated heterocycles. The number of aryl methyl sites for hydroxylation is 2. The fourth-order valence-electron chi connectivity index (χ4n) is 2.72. The SMILES string of the molecule is Cc1cccc(C)c1NC(=O)CN(C)C(=O)COC(=O)CN1C(=O)CCC1=O. The maximum absolute atomic E-state index is 12.2. The van der Waals surface area contributed by atoms with E-state index in [9.17, 15) is 24.0 Å². The second-order valence-corrected chi connectivity index (χ2v) is 6.60. The highest BCUT2D eigenvalue weighted by atomic mass is 16.5. The molecule has 1 N–H and O–H groups in total. The van der Waals surface area contributed by atoms with Crippen molar-refractivity contribution in [3.05, 3.63) is 29.3 Å². The Morgan fingerprint density at radius 1 is 1.11 bits per heavy atom. The number of rotatable bonds is 7. The molecule has 0 saturated carbocycles. The number of hydrogen-bond donors (Lipinski definition) is 1. The Hall–Kier alpha value is -3.23. The summed E-state index contributed by atoms with van der Waals surface area (Å²) in [5.74, 6) is -2.69. The van der Waals surface area contributed by atoms with Gasteiger partial charge in [-0.05, 0) is 25.0 Å². The third-order valence-electron chi connectivity index (χ3n) is 4.35. The molecule has 9 heteroatoms. The van der Waals surface area contributed by atoms with Gasteiger partial charge in [-0.25, -0.2) is 0 Å². The van der Waals surface area contributed by atoms with E-state index >= 15 is 0 Å². The van der Waals surface area contributed by atoms with Crippen molar-refractivity contribution in [2.24, 2.45) is 0 Å². The van der Waals surface area contributed by atoms with Gasteiger partial charge < -0.3 is 15.0 Å². The fourth-order valence-corrected chi connectivity index (χ4v) is 2.72. The molecule has 0 unspecified atom stereocenters. The first kappa shape index (κ1) is 21.1. The van der Waals surface area contributed by atoms with Crippen LogP contribution in [-0.4, -0.2) is 66.1 Å². The summed E-state index contributed by atoms with van der Waals surface area (Å²) in [6.07, 6.45) is 0.145. The molecule has 1 aromatic rings. The van der Waals surface area contributed by atoms with Crippen molar-refractivity contribution in [2.45, 2.75) is 26.7 Å². The van der Waals surface area contributed by atoms with Gasteiger partial charge in [0.25, 0.3) is 5.91 Å². The van der Waals surface area contributed by atoms with E-state index in [2.05, 4.69) is 5.32 Å². The average Bonchev–Trinajstić information content (AvgIpc) is 2.94. The molecule has 2 rings (SSSR count). The van der Waals surface area contributed by atoms with Crippen LogP contribution in [0.1, 0.15) is 24.0 Å². The number of likely N-dealkylation sites (tertiary alicyclic amines) is 1. The van der Waals surface area contributed by atoms with E-state index in [-0.39, 0.29) is 25.3 Å². The lowest BCUT2D eigenvalue weighted by molar-refractivity contribution is -0.156. The normalized spacial score (nSPS) is 13.5. The molecule has 28 heavy (non-hydrogen) atoms. The number of hydrogen-bond acceptors (Lipinski definition) is 6. The molecule has 0 radical (unpaired) electrons. The first-order chi connectivity index (χ1) is 13.2. The number of carbonyl (C=O) groups is 5. The molecular weight excluding hydrogens is 366 g/mol. The van der Waals surface area contributed by atoms with Gasteiger partial charge in [-0.2, -0.15) is 0 Å². The van der Waals surface area contributed by atoms with Crippen LogP contribution < -0.4 is 5.32 Å². The van der Waals surface area contributed by atoms with Gasteiger partial charge in [-0.1, -0.05) is 18.2 Å². The molecule has 1 aromatic carbocycles. The van der Waals surface area contributed by atoms with Gasteiger partial charge in [0.05, 0.1) is 6.54 Å². The summed E-state index contributed by atoms with van der Waals surface area (Å²) in [5.41, 5.74) is 2.50. The van der Waals surface area contributed by atoms with Crippen molar-refractivity contribution in [1.82, 2.24) is 9.80 Å². The lowest BCUT2D eigenvalue weighted by Crippen LogP contribution is -2.39. The Kier molecular flexibility index (Phi) is 6.86.